The Morgan fingerprint density at radius 3 is 2.65 bits per heavy atom. The molecule has 2 aromatic heterocycles. The van der Waals surface area contributed by atoms with E-state index in [4.69, 9.17) is 5.73 Å². The van der Waals surface area contributed by atoms with Gasteiger partial charge < -0.3 is 10.3 Å². The van der Waals surface area contributed by atoms with Gasteiger partial charge in [-0.2, -0.15) is 0 Å². The monoisotopic (exact) mass is 249 g/mol. The van der Waals surface area contributed by atoms with E-state index >= 15 is 0 Å². The second-order valence-corrected chi connectivity index (χ2v) is 5.01. The maximum atomic E-state index is 5.90. The Morgan fingerprint density at radius 2 is 2.06 bits per heavy atom. The summed E-state index contributed by atoms with van der Waals surface area (Å²) in [5, 5.41) is 1.77. The van der Waals surface area contributed by atoms with Crippen molar-refractivity contribution in [2.75, 3.05) is 5.73 Å². The first kappa shape index (κ1) is 11.9. The molecule has 0 bridgehead atoms. The van der Waals surface area contributed by atoms with Crippen molar-refractivity contribution in [2.24, 2.45) is 7.05 Å². The average Bonchev–Trinajstić information content (AvgIpc) is 2.64. The maximum Gasteiger partial charge on any atom is 0.174 e. The summed E-state index contributed by atoms with van der Waals surface area (Å²) in [6.07, 6.45) is 5.16. The molecule has 0 aromatic carbocycles. The number of hydrogen-bond acceptors (Lipinski definition) is 5. The molecule has 2 aromatic rings. The summed E-state index contributed by atoms with van der Waals surface area (Å²) in [6, 6.07) is 0. The van der Waals surface area contributed by atoms with Crippen LogP contribution in [0.1, 0.15) is 25.3 Å². The first-order valence-corrected chi connectivity index (χ1v) is 6.16. The number of anilines is 1. The highest BCUT2D eigenvalue weighted by Crippen LogP contribution is 2.33. The van der Waals surface area contributed by atoms with Crippen molar-refractivity contribution in [3.63, 3.8) is 0 Å². The summed E-state index contributed by atoms with van der Waals surface area (Å²) in [6.45, 7) is 4.16. The van der Waals surface area contributed by atoms with Crippen LogP contribution in [0.3, 0.4) is 0 Å². The first-order valence-electron chi connectivity index (χ1n) is 5.35. The molecular formula is C11H15N5S. The van der Waals surface area contributed by atoms with Crippen LogP contribution in [-0.2, 0) is 7.05 Å². The van der Waals surface area contributed by atoms with Crippen LogP contribution in [-0.4, -0.2) is 19.5 Å². The Morgan fingerprint density at radius 1 is 1.29 bits per heavy atom. The van der Waals surface area contributed by atoms with Crippen LogP contribution >= 0.6 is 11.8 Å². The van der Waals surface area contributed by atoms with Crippen molar-refractivity contribution in [1.29, 1.82) is 0 Å². The zero-order valence-corrected chi connectivity index (χ0v) is 10.9. The molecule has 0 aliphatic rings. The molecule has 2 rings (SSSR count). The van der Waals surface area contributed by atoms with Crippen LogP contribution in [0.15, 0.2) is 28.9 Å². The third-order valence-corrected chi connectivity index (χ3v) is 3.52. The summed E-state index contributed by atoms with van der Waals surface area (Å²) in [5.41, 5.74) is 6.88. The van der Waals surface area contributed by atoms with Gasteiger partial charge in [0.15, 0.2) is 5.16 Å². The number of nitrogens with two attached hydrogens (primary N) is 1. The minimum absolute atomic E-state index is 0.291. The summed E-state index contributed by atoms with van der Waals surface area (Å²) < 4.78 is 1.95. The topological polar surface area (TPSA) is 69.6 Å². The number of hydrogen-bond donors (Lipinski definition) is 1. The summed E-state index contributed by atoms with van der Waals surface area (Å²) in [4.78, 5) is 12.6. The lowest BCUT2D eigenvalue weighted by Crippen LogP contribution is -2.04. The van der Waals surface area contributed by atoms with Gasteiger partial charge in [-0.05, 0) is 17.7 Å². The van der Waals surface area contributed by atoms with Crippen molar-refractivity contribution in [3.8, 4) is 0 Å². The highest BCUT2D eigenvalue weighted by Gasteiger charge is 2.15. The molecule has 0 radical (unpaired) electrons. The number of nitrogens with zero attached hydrogens (tertiary/aromatic N) is 4. The molecule has 0 unspecified atom stereocenters. The highest BCUT2D eigenvalue weighted by atomic mass is 32.2. The molecule has 17 heavy (non-hydrogen) atoms. The standard InChI is InChI=1S/C11H15N5S/c1-7(2)8-9(12)14-6-15-10(8)17-11-13-4-5-16(11)3/h4-7H,1-3H3,(H2,12,14,15). The molecule has 0 saturated carbocycles. The molecule has 0 amide bonds. The van der Waals surface area contributed by atoms with Gasteiger partial charge in [-0.1, -0.05) is 13.8 Å². The number of aromatic nitrogens is 4. The predicted molar refractivity (Wildman–Crippen MR) is 67.9 cm³/mol. The van der Waals surface area contributed by atoms with Crippen molar-refractivity contribution in [1.82, 2.24) is 19.5 Å². The largest absolute Gasteiger partial charge is 0.383 e. The lowest BCUT2D eigenvalue weighted by atomic mass is 10.1. The van der Waals surface area contributed by atoms with E-state index in [1.165, 1.54) is 18.1 Å². The number of imidazole rings is 1. The fourth-order valence-corrected chi connectivity index (χ4v) is 2.59. The van der Waals surface area contributed by atoms with Crippen LogP contribution in [0.5, 0.6) is 0 Å². The maximum absolute atomic E-state index is 5.90. The molecule has 0 aliphatic heterocycles. The van der Waals surface area contributed by atoms with Crippen LogP contribution < -0.4 is 5.73 Å². The number of rotatable bonds is 3. The van der Waals surface area contributed by atoms with Crippen molar-refractivity contribution >= 4 is 17.6 Å². The fraction of sp³-hybridized carbons (Fsp3) is 0.364. The molecule has 0 saturated heterocycles. The quantitative estimate of drug-likeness (QED) is 0.843. The minimum Gasteiger partial charge on any atom is -0.383 e. The van der Waals surface area contributed by atoms with Crippen molar-refractivity contribution in [2.45, 2.75) is 29.9 Å². The molecule has 2 N–H and O–H groups in total. The Kier molecular flexibility index (Phi) is 3.33. The van der Waals surface area contributed by atoms with E-state index in [2.05, 4.69) is 28.8 Å². The van der Waals surface area contributed by atoms with Gasteiger partial charge in [0.1, 0.15) is 17.2 Å². The van der Waals surface area contributed by atoms with Gasteiger partial charge in [0.25, 0.3) is 0 Å². The average molecular weight is 249 g/mol. The van der Waals surface area contributed by atoms with Gasteiger partial charge in [0, 0.05) is 25.0 Å². The Hall–Kier alpha value is -1.56. The van der Waals surface area contributed by atoms with Crippen LogP contribution in [0.2, 0.25) is 0 Å². The molecule has 6 heteroatoms. The van der Waals surface area contributed by atoms with Gasteiger partial charge in [-0.25, -0.2) is 15.0 Å². The van der Waals surface area contributed by atoms with Gasteiger partial charge in [0.2, 0.25) is 0 Å². The summed E-state index contributed by atoms with van der Waals surface area (Å²) >= 11 is 1.51. The number of nitrogen functional groups attached to an aromatic ring is 1. The molecule has 0 aliphatic carbocycles. The molecule has 2 heterocycles. The van der Waals surface area contributed by atoms with E-state index in [-0.39, 0.29) is 0 Å². The third-order valence-electron chi connectivity index (χ3n) is 2.42. The smallest absolute Gasteiger partial charge is 0.174 e. The first-order chi connectivity index (χ1) is 8.09. The predicted octanol–water partition coefficient (Wildman–Crippen LogP) is 2.07. The second-order valence-electron chi connectivity index (χ2n) is 4.06. The molecule has 5 nitrogen and oxygen atoms in total. The lowest BCUT2D eigenvalue weighted by molar-refractivity contribution is 0.778. The Balaban J connectivity index is 2.39. The van der Waals surface area contributed by atoms with E-state index < -0.39 is 0 Å². The lowest BCUT2D eigenvalue weighted by Gasteiger charge is -2.12. The van der Waals surface area contributed by atoms with E-state index in [1.54, 1.807) is 6.20 Å². The van der Waals surface area contributed by atoms with Gasteiger partial charge in [-0.15, -0.1) is 0 Å². The van der Waals surface area contributed by atoms with Crippen LogP contribution in [0, 0.1) is 0 Å². The Labute approximate surface area is 104 Å². The summed E-state index contributed by atoms with van der Waals surface area (Å²) in [5.74, 6) is 0.839. The molecule has 0 spiro atoms. The SMILES string of the molecule is CC(C)c1c(N)ncnc1Sc1nccn1C. The van der Waals surface area contributed by atoms with Crippen molar-refractivity contribution < 1.29 is 0 Å². The molecule has 0 atom stereocenters. The molecular weight excluding hydrogens is 234 g/mol. The minimum atomic E-state index is 0.291. The molecule has 0 fully saturated rings. The van der Waals surface area contributed by atoms with E-state index in [1.807, 2.05) is 17.8 Å². The zero-order valence-electron chi connectivity index (χ0n) is 10.1. The normalized spacial score (nSPS) is 11.1. The van der Waals surface area contributed by atoms with E-state index in [0.29, 0.717) is 11.7 Å². The fourth-order valence-electron chi connectivity index (χ4n) is 1.55. The molecule has 90 valence electrons. The highest BCUT2D eigenvalue weighted by molar-refractivity contribution is 7.99. The van der Waals surface area contributed by atoms with Gasteiger partial charge in [-0.3, -0.25) is 0 Å². The van der Waals surface area contributed by atoms with Crippen LogP contribution in [0.25, 0.3) is 0 Å². The van der Waals surface area contributed by atoms with E-state index in [9.17, 15) is 0 Å². The van der Waals surface area contributed by atoms with E-state index in [0.717, 1.165) is 15.7 Å². The van der Waals surface area contributed by atoms with Gasteiger partial charge in [0.05, 0.1) is 0 Å². The second kappa shape index (κ2) is 4.75. The summed E-state index contributed by atoms with van der Waals surface area (Å²) in [7, 11) is 1.95. The van der Waals surface area contributed by atoms with Gasteiger partial charge >= 0.3 is 0 Å². The van der Waals surface area contributed by atoms with Crippen molar-refractivity contribution in [3.05, 3.63) is 24.3 Å². The number of aryl methyl sites for hydroxylation is 1. The third kappa shape index (κ3) is 2.41. The van der Waals surface area contributed by atoms with Crippen LogP contribution in [0.4, 0.5) is 5.82 Å². The zero-order chi connectivity index (χ0) is 12.4. The Bertz CT molecular complexity index is 520.